The number of nitrogens with zero attached hydrogens (tertiary/aromatic N) is 2. The molecule has 0 saturated carbocycles. The van der Waals surface area contributed by atoms with Gasteiger partial charge in [0.2, 0.25) is 5.96 Å². The molecule has 0 saturated heterocycles. The average molecular weight is 379 g/mol. The number of hydrogen-bond donors (Lipinski definition) is 1. The number of benzene rings is 2. The number of aliphatic imine (C=N–C) groups is 1. The number of para-hydroxylation sites is 1. The van der Waals surface area contributed by atoms with E-state index in [4.69, 9.17) is 5.73 Å². The Labute approximate surface area is 133 Å². The van der Waals surface area contributed by atoms with Crippen LogP contribution in [-0.4, -0.2) is 13.0 Å². The van der Waals surface area contributed by atoms with Gasteiger partial charge >= 0.3 is 0 Å². The molecule has 2 aromatic rings. The van der Waals surface area contributed by atoms with Gasteiger partial charge in [0.1, 0.15) is 0 Å². The van der Waals surface area contributed by atoms with Gasteiger partial charge in [-0.3, -0.25) is 0 Å². The van der Waals surface area contributed by atoms with Crippen molar-refractivity contribution in [2.45, 2.75) is 13.3 Å². The van der Waals surface area contributed by atoms with Crippen molar-refractivity contribution in [1.29, 1.82) is 0 Å². The second kappa shape index (κ2) is 6.74. The number of nitrogens with two attached hydrogens (primary N) is 1. The number of aryl methyl sites for hydroxylation is 1. The smallest absolute Gasteiger partial charge is 0.200 e. The lowest BCUT2D eigenvalue weighted by molar-refractivity contribution is 1.14. The molecule has 20 heavy (non-hydrogen) atoms. The molecule has 0 spiro atoms. The van der Waals surface area contributed by atoms with E-state index >= 15 is 0 Å². The predicted octanol–water partition coefficient (Wildman–Crippen LogP) is 3.94. The van der Waals surface area contributed by atoms with E-state index in [2.05, 4.69) is 52.7 Å². The van der Waals surface area contributed by atoms with Gasteiger partial charge in [-0.05, 0) is 58.8 Å². The maximum absolute atomic E-state index is 6.11. The van der Waals surface area contributed by atoms with Gasteiger partial charge < -0.3 is 10.6 Å². The number of hydrogen-bond acceptors (Lipinski definition) is 1. The number of anilines is 1. The highest BCUT2D eigenvalue weighted by atomic mass is 127. The largest absolute Gasteiger partial charge is 0.369 e. The fourth-order valence-corrected chi connectivity index (χ4v) is 2.65. The van der Waals surface area contributed by atoms with Crippen LogP contribution in [0.3, 0.4) is 0 Å². The fraction of sp³-hybridized carbons (Fsp3) is 0.188. The van der Waals surface area contributed by atoms with E-state index in [-0.39, 0.29) is 0 Å². The molecule has 0 aliphatic rings. The van der Waals surface area contributed by atoms with Crippen LogP contribution in [0.4, 0.5) is 11.4 Å². The van der Waals surface area contributed by atoms with Crippen LogP contribution >= 0.6 is 22.6 Å². The van der Waals surface area contributed by atoms with Gasteiger partial charge in [0.05, 0.1) is 11.4 Å². The molecule has 2 aromatic carbocycles. The van der Waals surface area contributed by atoms with Crippen LogP contribution in [0.15, 0.2) is 53.5 Å². The Morgan fingerprint density at radius 2 is 1.95 bits per heavy atom. The molecule has 2 N–H and O–H groups in total. The third kappa shape index (κ3) is 3.50. The van der Waals surface area contributed by atoms with Crippen molar-refractivity contribution in [2.75, 3.05) is 11.9 Å². The second-order valence-electron chi connectivity index (χ2n) is 4.50. The standard InChI is InChI=1S/C16H18IN3/c1-3-12-7-6-8-13(11-12)19-16(18)20(2)15-10-5-4-9-14(15)17/h4-11H,3H2,1-2H3,(H2,18,19). The third-order valence-electron chi connectivity index (χ3n) is 3.12. The van der Waals surface area contributed by atoms with Crippen molar-refractivity contribution >= 4 is 39.9 Å². The zero-order valence-electron chi connectivity index (χ0n) is 11.7. The summed E-state index contributed by atoms with van der Waals surface area (Å²) in [5.41, 5.74) is 9.32. The SMILES string of the molecule is CCc1cccc(N=C(N)N(C)c2ccccc2I)c1. The number of guanidine groups is 1. The first-order valence-corrected chi connectivity index (χ1v) is 7.61. The van der Waals surface area contributed by atoms with Gasteiger partial charge in [0.15, 0.2) is 0 Å². The summed E-state index contributed by atoms with van der Waals surface area (Å²) in [7, 11) is 1.93. The lowest BCUT2D eigenvalue weighted by Crippen LogP contribution is -2.34. The van der Waals surface area contributed by atoms with Crippen molar-refractivity contribution in [2.24, 2.45) is 10.7 Å². The summed E-state index contributed by atoms with van der Waals surface area (Å²) >= 11 is 2.30. The summed E-state index contributed by atoms with van der Waals surface area (Å²) < 4.78 is 1.15. The first kappa shape index (κ1) is 14.8. The minimum absolute atomic E-state index is 0.488. The molecule has 2 rings (SSSR count). The highest BCUT2D eigenvalue weighted by Gasteiger charge is 2.08. The maximum Gasteiger partial charge on any atom is 0.200 e. The molecule has 0 aliphatic carbocycles. The monoisotopic (exact) mass is 379 g/mol. The second-order valence-corrected chi connectivity index (χ2v) is 5.67. The molecule has 0 radical (unpaired) electrons. The quantitative estimate of drug-likeness (QED) is 0.499. The highest BCUT2D eigenvalue weighted by Crippen LogP contribution is 2.22. The molecule has 104 valence electrons. The molecule has 4 heteroatoms. The van der Waals surface area contributed by atoms with E-state index in [0.29, 0.717) is 5.96 Å². The van der Waals surface area contributed by atoms with E-state index in [9.17, 15) is 0 Å². The molecule has 0 amide bonds. The molecule has 3 nitrogen and oxygen atoms in total. The lowest BCUT2D eigenvalue weighted by atomic mass is 10.1. The van der Waals surface area contributed by atoms with E-state index in [1.807, 2.05) is 42.3 Å². The van der Waals surface area contributed by atoms with Gasteiger partial charge in [-0.15, -0.1) is 0 Å². The number of rotatable bonds is 3. The minimum Gasteiger partial charge on any atom is -0.369 e. The van der Waals surface area contributed by atoms with Crippen LogP contribution in [0.25, 0.3) is 0 Å². The Hall–Kier alpha value is -1.56. The molecule has 0 heterocycles. The normalized spacial score (nSPS) is 11.4. The van der Waals surface area contributed by atoms with Crippen molar-refractivity contribution in [1.82, 2.24) is 0 Å². The van der Waals surface area contributed by atoms with Crippen LogP contribution in [-0.2, 0) is 6.42 Å². The molecular formula is C16H18IN3. The minimum atomic E-state index is 0.488. The van der Waals surface area contributed by atoms with E-state index in [1.165, 1.54) is 5.56 Å². The third-order valence-corrected chi connectivity index (χ3v) is 4.03. The molecule has 0 aromatic heterocycles. The van der Waals surface area contributed by atoms with Crippen molar-refractivity contribution < 1.29 is 0 Å². The topological polar surface area (TPSA) is 41.6 Å². The average Bonchev–Trinajstić information content (AvgIpc) is 2.47. The van der Waals surface area contributed by atoms with E-state index < -0.39 is 0 Å². The zero-order chi connectivity index (χ0) is 14.5. The van der Waals surface area contributed by atoms with Crippen molar-refractivity contribution in [3.05, 3.63) is 57.7 Å². The molecule has 0 bridgehead atoms. The van der Waals surface area contributed by atoms with Gasteiger partial charge in [-0.2, -0.15) is 0 Å². The van der Waals surface area contributed by atoms with Crippen molar-refractivity contribution in [3.63, 3.8) is 0 Å². The summed E-state index contributed by atoms with van der Waals surface area (Å²) in [5, 5.41) is 0. The van der Waals surface area contributed by atoms with Crippen molar-refractivity contribution in [3.8, 4) is 0 Å². The Morgan fingerprint density at radius 1 is 1.20 bits per heavy atom. The van der Waals surface area contributed by atoms with Gasteiger partial charge in [-0.1, -0.05) is 31.2 Å². The Balaban J connectivity index is 2.28. The van der Waals surface area contributed by atoms with Crippen LogP contribution in [0.2, 0.25) is 0 Å². The fourth-order valence-electron chi connectivity index (χ4n) is 1.90. The Morgan fingerprint density at radius 3 is 2.65 bits per heavy atom. The molecule has 0 fully saturated rings. The predicted molar refractivity (Wildman–Crippen MR) is 94.7 cm³/mol. The Bertz CT molecular complexity index is 623. The van der Waals surface area contributed by atoms with Crippen LogP contribution < -0.4 is 10.6 Å². The van der Waals surface area contributed by atoms with Gasteiger partial charge in [0, 0.05) is 10.6 Å². The van der Waals surface area contributed by atoms with E-state index in [1.54, 1.807) is 0 Å². The van der Waals surface area contributed by atoms with E-state index in [0.717, 1.165) is 21.4 Å². The summed E-state index contributed by atoms with van der Waals surface area (Å²) in [6, 6.07) is 16.2. The maximum atomic E-state index is 6.11. The summed E-state index contributed by atoms with van der Waals surface area (Å²) in [4.78, 5) is 6.41. The molecular weight excluding hydrogens is 361 g/mol. The summed E-state index contributed by atoms with van der Waals surface area (Å²) in [6.07, 6.45) is 0.996. The number of halogens is 1. The Kier molecular flexibility index (Phi) is 5.00. The molecule has 0 atom stereocenters. The summed E-state index contributed by atoms with van der Waals surface area (Å²) in [5.74, 6) is 0.488. The molecule has 0 unspecified atom stereocenters. The zero-order valence-corrected chi connectivity index (χ0v) is 13.8. The lowest BCUT2D eigenvalue weighted by Gasteiger charge is -2.19. The van der Waals surface area contributed by atoms with Crippen LogP contribution in [0, 0.1) is 3.57 Å². The highest BCUT2D eigenvalue weighted by molar-refractivity contribution is 14.1. The summed E-state index contributed by atoms with van der Waals surface area (Å²) in [6.45, 7) is 2.13. The first-order chi connectivity index (χ1) is 9.61. The van der Waals surface area contributed by atoms with Gasteiger partial charge in [0.25, 0.3) is 0 Å². The first-order valence-electron chi connectivity index (χ1n) is 6.53. The van der Waals surface area contributed by atoms with Gasteiger partial charge in [-0.25, -0.2) is 4.99 Å². The molecule has 0 aliphatic heterocycles. The van der Waals surface area contributed by atoms with Crippen LogP contribution in [0.1, 0.15) is 12.5 Å². The van der Waals surface area contributed by atoms with Crippen LogP contribution in [0.5, 0.6) is 0 Å².